The Balaban J connectivity index is 1.86. The Bertz CT molecular complexity index is 618. The molecule has 1 unspecified atom stereocenters. The molecule has 1 aromatic carbocycles. The number of unbranched alkanes of at least 4 members (excludes halogenated alkanes) is 1. The summed E-state index contributed by atoms with van der Waals surface area (Å²) in [5.41, 5.74) is 1.06. The number of guanidine groups is 1. The van der Waals surface area contributed by atoms with Crippen LogP contribution in [-0.4, -0.2) is 70.4 Å². The Kier molecular flexibility index (Phi) is 9.71. The van der Waals surface area contributed by atoms with Crippen molar-refractivity contribution in [3.05, 3.63) is 35.6 Å². The van der Waals surface area contributed by atoms with Crippen molar-refractivity contribution in [2.45, 2.75) is 25.3 Å². The third-order valence-corrected chi connectivity index (χ3v) is 4.76. The van der Waals surface area contributed by atoms with Crippen LogP contribution in [0.3, 0.4) is 0 Å². The lowest BCUT2D eigenvalue weighted by Gasteiger charge is -2.35. The molecule has 0 spiro atoms. The van der Waals surface area contributed by atoms with E-state index in [0.29, 0.717) is 32.1 Å². The predicted octanol–water partition coefficient (Wildman–Crippen LogP) is 1.71. The first-order valence-electron chi connectivity index (χ1n) is 9.72. The SMILES string of the molecule is CN=C(NCCCCC(=O)OC)NCC(c1ccc(F)cc1)N1CCOCC1. The second kappa shape index (κ2) is 12.3. The summed E-state index contributed by atoms with van der Waals surface area (Å²) in [6.07, 6.45) is 2.04. The fourth-order valence-electron chi connectivity index (χ4n) is 3.15. The van der Waals surface area contributed by atoms with Gasteiger partial charge in [-0.1, -0.05) is 12.1 Å². The summed E-state index contributed by atoms with van der Waals surface area (Å²) in [7, 11) is 3.13. The molecular formula is C20H31FN4O3. The highest BCUT2D eigenvalue weighted by molar-refractivity contribution is 5.79. The lowest BCUT2D eigenvalue weighted by molar-refractivity contribution is -0.140. The lowest BCUT2D eigenvalue weighted by atomic mass is 10.0. The van der Waals surface area contributed by atoms with Gasteiger partial charge in [-0.05, 0) is 30.5 Å². The fourth-order valence-corrected chi connectivity index (χ4v) is 3.15. The van der Waals surface area contributed by atoms with Crippen LogP contribution in [0.2, 0.25) is 0 Å². The third kappa shape index (κ3) is 7.44. The van der Waals surface area contributed by atoms with Crippen molar-refractivity contribution in [1.82, 2.24) is 15.5 Å². The molecule has 1 aliphatic heterocycles. The van der Waals surface area contributed by atoms with E-state index >= 15 is 0 Å². The summed E-state index contributed by atoms with van der Waals surface area (Å²) in [5.74, 6) is 0.287. The van der Waals surface area contributed by atoms with Crippen LogP contribution in [-0.2, 0) is 14.3 Å². The van der Waals surface area contributed by atoms with Gasteiger partial charge >= 0.3 is 5.97 Å². The van der Waals surface area contributed by atoms with Gasteiger partial charge in [0.25, 0.3) is 0 Å². The predicted molar refractivity (Wildman–Crippen MR) is 107 cm³/mol. The van der Waals surface area contributed by atoms with E-state index in [1.54, 1.807) is 7.05 Å². The van der Waals surface area contributed by atoms with E-state index in [0.717, 1.165) is 38.0 Å². The van der Waals surface area contributed by atoms with E-state index in [9.17, 15) is 9.18 Å². The molecule has 1 aromatic rings. The van der Waals surface area contributed by atoms with Gasteiger partial charge in [0.2, 0.25) is 0 Å². The summed E-state index contributed by atoms with van der Waals surface area (Å²) in [6.45, 7) is 4.44. The molecule has 0 aliphatic carbocycles. The topological polar surface area (TPSA) is 75.2 Å². The average molecular weight is 394 g/mol. The smallest absolute Gasteiger partial charge is 0.305 e. The number of esters is 1. The van der Waals surface area contributed by atoms with Crippen LogP contribution in [0.25, 0.3) is 0 Å². The summed E-state index contributed by atoms with van der Waals surface area (Å²) < 4.78 is 23.4. The molecule has 0 bridgehead atoms. The number of aliphatic imine (C=N–C) groups is 1. The van der Waals surface area contributed by atoms with E-state index in [2.05, 4.69) is 25.3 Å². The Labute approximate surface area is 166 Å². The van der Waals surface area contributed by atoms with Gasteiger partial charge in [-0.2, -0.15) is 0 Å². The first-order valence-corrected chi connectivity index (χ1v) is 9.72. The normalized spacial score (nSPS) is 16.5. The Hall–Kier alpha value is -2.19. The fraction of sp³-hybridized carbons (Fsp3) is 0.600. The maximum Gasteiger partial charge on any atom is 0.305 e. The van der Waals surface area contributed by atoms with Crippen LogP contribution in [0, 0.1) is 5.82 Å². The van der Waals surface area contributed by atoms with Crippen molar-refractivity contribution in [3.8, 4) is 0 Å². The number of nitrogens with zero attached hydrogens (tertiary/aromatic N) is 2. The van der Waals surface area contributed by atoms with Crippen LogP contribution in [0.15, 0.2) is 29.3 Å². The molecule has 0 radical (unpaired) electrons. The number of carbonyl (C=O) groups is 1. The molecule has 1 fully saturated rings. The Morgan fingerprint density at radius 1 is 1.25 bits per heavy atom. The van der Waals surface area contributed by atoms with Gasteiger partial charge in [0, 0.05) is 39.6 Å². The Morgan fingerprint density at radius 2 is 1.96 bits per heavy atom. The number of nitrogens with one attached hydrogen (secondary N) is 2. The molecule has 2 N–H and O–H groups in total. The van der Waals surface area contributed by atoms with Crippen LogP contribution in [0.5, 0.6) is 0 Å². The highest BCUT2D eigenvalue weighted by Gasteiger charge is 2.23. The number of ether oxygens (including phenoxy) is 2. The first-order chi connectivity index (χ1) is 13.6. The standard InChI is InChI=1S/C20H31FN4O3/c1-22-20(23-10-4-3-5-19(26)27-2)24-15-18(25-11-13-28-14-12-25)16-6-8-17(21)9-7-16/h6-9,18H,3-5,10-15H2,1-2H3,(H2,22,23,24). The highest BCUT2D eigenvalue weighted by Crippen LogP contribution is 2.21. The minimum atomic E-state index is -0.234. The van der Waals surface area contributed by atoms with E-state index in [1.807, 2.05) is 12.1 Å². The molecule has 8 heteroatoms. The number of benzene rings is 1. The number of hydrogen-bond donors (Lipinski definition) is 2. The third-order valence-electron chi connectivity index (χ3n) is 4.76. The minimum absolute atomic E-state index is 0.0994. The van der Waals surface area contributed by atoms with Gasteiger partial charge in [0.15, 0.2) is 5.96 Å². The average Bonchev–Trinajstić information content (AvgIpc) is 2.73. The van der Waals surface area contributed by atoms with Crippen LogP contribution in [0.4, 0.5) is 4.39 Å². The van der Waals surface area contributed by atoms with E-state index < -0.39 is 0 Å². The highest BCUT2D eigenvalue weighted by atomic mass is 19.1. The van der Waals surface area contributed by atoms with Crippen LogP contribution in [0.1, 0.15) is 30.9 Å². The monoisotopic (exact) mass is 394 g/mol. The van der Waals surface area contributed by atoms with Gasteiger partial charge in [0.1, 0.15) is 5.82 Å². The van der Waals surface area contributed by atoms with E-state index in [-0.39, 0.29) is 17.8 Å². The van der Waals surface area contributed by atoms with Crippen molar-refractivity contribution in [1.29, 1.82) is 0 Å². The van der Waals surface area contributed by atoms with Gasteiger partial charge < -0.3 is 20.1 Å². The van der Waals surface area contributed by atoms with Gasteiger partial charge in [-0.15, -0.1) is 0 Å². The van der Waals surface area contributed by atoms with Crippen molar-refractivity contribution in [2.24, 2.45) is 4.99 Å². The number of methoxy groups -OCH3 is 1. The maximum absolute atomic E-state index is 13.3. The molecular weight excluding hydrogens is 363 g/mol. The molecule has 2 rings (SSSR count). The number of rotatable bonds is 9. The molecule has 156 valence electrons. The molecule has 1 heterocycles. The molecule has 7 nitrogen and oxygen atoms in total. The molecule has 1 saturated heterocycles. The van der Waals surface area contributed by atoms with Crippen molar-refractivity contribution in [2.75, 3.05) is 53.6 Å². The van der Waals surface area contributed by atoms with Gasteiger partial charge in [-0.25, -0.2) is 4.39 Å². The molecule has 0 saturated carbocycles. The second-order valence-corrected chi connectivity index (χ2v) is 6.63. The second-order valence-electron chi connectivity index (χ2n) is 6.63. The van der Waals surface area contributed by atoms with Gasteiger partial charge in [-0.3, -0.25) is 14.7 Å². The molecule has 1 atom stereocenters. The lowest BCUT2D eigenvalue weighted by Crippen LogP contribution is -2.46. The Morgan fingerprint density at radius 3 is 2.61 bits per heavy atom. The number of morpholine rings is 1. The van der Waals surface area contributed by atoms with Crippen molar-refractivity contribution >= 4 is 11.9 Å². The van der Waals surface area contributed by atoms with Crippen LogP contribution < -0.4 is 10.6 Å². The summed E-state index contributed by atoms with van der Waals surface area (Å²) in [4.78, 5) is 17.7. The summed E-state index contributed by atoms with van der Waals surface area (Å²) in [6, 6.07) is 6.76. The van der Waals surface area contributed by atoms with Crippen LogP contribution >= 0.6 is 0 Å². The van der Waals surface area contributed by atoms with Crippen molar-refractivity contribution < 1.29 is 18.7 Å². The maximum atomic E-state index is 13.3. The van der Waals surface area contributed by atoms with Gasteiger partial charge in [0.05, 0.1) is 26.4 Å². The molecule has 0 amide bonds. The zero-order valence-corrected chi connectivity index (χ0v) is 16.7. The largest absolute Gasteiger partial charge is 0.469 e. The summed E-state index contributed by atoms with van der Waals surface area (Å²) >= 11 is 0. The summed E-state index contributed by atoms with van der Waals surface area (Å²) in [5, 5.41) is 6.63. The zero-order valence-electron chi connectivity index (χ0n) is 16.7. The zero-order chi connectivity index (χ0) is 20.2. The number of carbonyl (C=O) groups excluding carboxylic acids is 1. The minimum Gasteiger partial charge on any atom is -0.469 e. The van der Waals surface area contributed by atoms with Crippen molar-refractivity contribution in [3.63, 3.8) is 0 Å². The van der Waals surface area contributed by atoms with E-state index in [1.165, 1.54) is 19.2 Å². The quantitative estimate of drug-likeness (QED) is 0.287. The molecule has 1 aliphatic rings. The number of halogens is 1. The molecule has 0 aromatic heterocycles. The first kappa shape index (κ1) is 22.1. The van der Waals surface area contributed by atoms with E-state index in [4.69, 9.17) is 4.74 Å². The number of hydrogen-bond acceptors (Lipinski definition) is 5. The molecule has 28 heavy (non-hydrogen) atoms.